The Labute approximate surface area is 257 Å². The van der Waals surface area contributed by atoms with Crippen molar-refractivity contribution in [3.8, 4) is 5.75 Å². The molecule has 1 fully saturated rings. The number of hydrogen-bond donors (Lipinski definition) is 1. The van der Waals surface area contributed by atoms with Crippen LogP contribution in [0, 0.1) is 0 Å². The standard InChI is InChI=1S/C34H29BrN4O4/c1-42-31-14-8-6-12-26(31)34(41)39-19-17-38(18-20-39)29-16-15-24(35)22-28(29)37-32(40)27-21-23-9-5-7-13-30(23)43-33(27)36-25-10-3-2-4-11-25/h2-16,21-22H,17-20H2,1H3,(H,37,40). The predicted molar refractivity (Wildman–Crippen MR) is 171 cm³/mol. The third-order valence-corrected chi connectivity index (χ3v) is 7.83. The Morgan fingerprint density at radius 1 is 0.837 bits per heavy atom. The summed E-state index contributed by atoms with van der Waals surface area (Å²) in [6, 6.07) is 31.8. The van der Waals surface area contributed by atoms with E-state index >= 15 is 0 Å². The SMILES string of the molecule is COc1ccccc1C(=O)N1CCN(c2ccc(Br)cc2NC(=O)c2cc3ccccc3oc2=Nc2ccccc2)CC1. The zero-order valence-electron chi connectivity index (χ0n) is 23.5. The lowest BCUT2D eigenvalue weighted by Crippen LogP contribution is -2.49. The molecule has 1 aliphatic rings. The molecular weight excluding hydrogens is 608 g/mol. The summed E-state index contributed by atoms with van der Waals surface area (Å²) in [5.41, 5.74) is 3.91. The smallest absolute Gasteiger partial charge is 0.261 e. The van der Waals surface area contributed by atoms with E-state index in [2.05, 4.69) is 31.1 Å². The van der Waals surface area contributed by atoms with E-state index in [0.717, 1.165) is 15.5 Å². The van der Waals surface area contributed by atoms with Gasteiger partial charge in [-0.15, -0.1) is 0 Å². The number of ether oxygens (including phenoxy) is 1. The van der Waals surface area contributed by atoms with Crippen molar-refractivity contribution in [1.29, 1.82) is 0 Å². The van der Waals surface area contributed by atoms with Crippen molar-refractivity contribution in [2.45, 2.75) is 0 Å². The molecule has 0 spiro atoms. The quantitative estimate of drug-likeness (QED) is 0.225. The Bertz CT molecular complexity index is 1860. The number of piperazine rings is 1. The summed E-state index contributed by atoms with van der Waals surface area (Å²) in [5.74, 6) is 0.163. The van der Waals surface area contributed by atoms with Crippen LogP contribution in [0.2, 0.25) is 0 Å². The third-order valence-electron chi connectivity index (χ3n) is 7.34. The molecule has 0 aliphatic carbocycles. The van der Waals surface area contributed by atoms with Crippen LogP contribution in [0.3, 0.4) is 0 Å². The highest BCUT2D eigenvalue weighted by atomic mass is 79.9. The van der Waals surface area contributed by atoms with E-state index < -0.39 is 0 Å². The maximum Gasteiger partial charge on any atom is 0.261 e. The van der Waals surface area contributed by atoms with E-state index in [0.29, 0.717) is 60.0 Å². The minimum atomic E-state index is -0.339. The first-order valence-corrected chi connectivity index (χ1v) is 14.7. The zero-order chi connectivity index (χ0) is 29.8. The summed E-state index contributed by atoms with van der Waals surface area (Å²) in [6.07, 6.45) is 0. The number of methoxy groups -OCH3 is 1. The second-order valence-corrected chi connectivity index (χ2v) is 11.0. The molecule has 0 bridgehead atoms. The van der Waals surface area contributed by atoms with Crippen LogP contribution in [0.4, 0.5) is 17.1 Å². The molecule has 216 valence electrons. The second-order valence-electron chi connectivity index (χ2n) is 10.0. The highest BCUT2D eigenvalue weighted by Gasteiger charge is 2.26. The number of halogens is 1. The largest absolute Gasteiger partial charge is 0.496 e. The Hall–Kier alpha value is -4.89. The highest BCUT2D eigenvalue weighted by molar-refractivity contribution is 9.10. The van der Waals surface area contributed by atoms with Crippen LogP contribution in [-0.2, 0) is 0 Å². The molecular formula is C34H29BrN4O4. The van der Waals surface area contributed by atoms with Crippen LogP contribution >= 0.6 is 15.9 Å². The van der Waals surface area contributed by atoms with Gasteiger partial charge >= 0.3 is 0 Å². The fourth-order valence-corrected chi connectivity index (χ4v) is 5.51. The van der Waals surface area contributed by atoms with Gasteiger partial charge in [0.25, 0.3) is 11.8 Å². The summed E-state index contributed by atoms with van der Waals surface area (Å²) in [7, 11) is 1.57. The first-order chi connectivity index (χ1) is 21.0. The number of rotatable bonds is 6. The normalized spacial score (nSPS) is 13.7. The van der Waals surface area contributed by atoms with Gasteiger partial charge in [-0.25, -0.2) is 4.99 Å². The minimum Gasteiger partial charge on any atom is -0.496 e. The molecule has 2 heterocycles. The van der Waals surface area contributed by atoms with E-state index in [1.54, 1.807) is 25.3 Å². The van der Waals surface area contributed by atoms with Gasteiger partial charge in [0.2, 0.25) is 5.55 Å². The van der Waals surface area contributed by atoms with Gasteiger partial charge in [-0.05, 0) is 54.6 Å². The van der Waals surface area contributed by atoms with E-state index in [1.165, 1.54) is 0 Å². The van der Waals surface area contributed by atoms with E-state index in [4.69, 9.17) is 9.15 Å². The topological polar surface area (TPSA) is 87.4 Å². The number of benzene rings is 4. The van der Waals surface area contributed by atoms with Crippen molar-refractivity contribution in [1.82, 2.24) is 4.90 Å². The molecule has 1 aromatic heterocycles. The van der Waals surface area contributed by atoms with Gasteiger partial charge in [0.15, 0.2) is 0 Å². The summed E-state index contributed by atoms with van der Waals surface area (Å²) >= 11 is 3.55. The number of nitrogens with one attached hydrogen (secondary N) is 1. The van der Waals surface area contributed by atoms with Gasteiger partial charge in [-0.3, -0.25) is 9.59 Å². The van der Waals surface area contributed by atoms with Crippen molar-refractivity contribution >= 4 is 55.8 Å². The van der Waals surface area contributed by atoms with Crippen LogP contribution in [0.1, 0.15) is 20.7 Å². The molecule has 1 aliphatic heterocycles. The lowest BCUT2D eigenvalue weighted by molar-refractivity contribution is 0.0743. The summed E-state index contributed by atoms with van der Waals surface area (Å²) < 4.78 is 12.3. The van der Waals surface area contributed by atoms with Crippen LogP contribution in [-0.4, -0.2) is 50.0 Å². The molecule has 9 heteroatoms. The lowest BCUT2D eigenvalue weighted by Gasteiger charge is -2.37. The molecule has 43 heavy (non-hydrogen) atoms. The Morgan fingerprint density at radius 3 is 2.35 bits per heavy atom. The molecule has 0 radical (unpaired) electrons. The van der Waals surface area contributed by atoms with Crippen molar-refractivity contribution in [2.75, 3.05) is 43.5 Å². The molecule has 1 saturated heterocycles. The maximum atomic E-state index is 13.8. The molecule has 2 amide bonds. The van der Waals surface area contributed by atoms with E-state index in [-0.39, 0.29) is 17.4 Å². The Kier molecular flexibility index (Phi) is 8.24. The number of nitrogens with zero attached hydrogens (tertiary/aromatic N) is 3. The predicted octanol–water partition coefficient (Wildman–Crippen LogP) is 6.65. The molecule has 0 unspecified atom stereocenters. The number of amides is 2. The molecule has 0 atom stereocenters. The van der Waals surface area contributed by atoms with Gasteiger partial charge < -0.3 is 24.3 Å². The number of fused-ring (bicyclic) bond motifs is 1. The van der Waals surface area contributed by atoms with Gasteiger partial charge in [-0.1, -0.05) is 64.5 Å². The van der Waals surface area contributed by atoms with Gasteiger partial charge in [0, 0.05) is 36.0 Å². The van der Waals surface area contributed by atoms with E-state index in [1.807, 2.05) is 89.8 Å². The van der Waals surface area contributed by atoms with Crippen molar-refractivity contribution < 1.29 is 18.7 Å². The third kappa shape index (κ3) is 6.17. The van der Waals surface area contributed by atoms with Crippen LogP contribution < -0.4 is 20.5 Å². The van der Waals surface area contributed by atoms with Crippen LogP contribution in [0.5, 0.6) is 5.75 Å². The molecule has 0 saturated carbocycles. The second kappa shape index (κ2) is 12.5. The number of para-hydroxylation sites is 3. The Morgan fingerprint density at radius 2 is 1.56 bits per heavy atom. The lowest BCUT2D eigenvalue weighted by atomic mass is 10.1. The average molecular weight is 638 g/mol. The summed E-state index contributed by atoms with van der Waals surface area (Å²) in [5, 5.41) is 3.90. The first kappa shape index (κ1) is 28.2. The molecule has 6 rings (SSSR count). The zero-order valence-corrected chi connectivity index (χ0v) is 25.1. The highest BCUT2D eigenvalue weighted by Crippen LogP contribution is 2.31. The number of hydrogen-bond acceptors (Lipinski definition) is 6. The average Bonchev–Trinajstić information content (AvgIpc) is 3.04. The summed E-state index contributed by atoms with van der Waals surface area (Å²) in [4.78, 5) is 35.7. The fraction of sp³-hybridized carbons (Fsp3) is 0.147. The van der Waals surface area contributed by atoms with Gasteiger partial charge in [0.1, 0.15) is 16.9 Å². The van der Waals surface area contributed by atoms with Crippen molar-refractivity contribution in [2.24, 2.45) is 4.99 Å². The van der Waals surface area contributed by atoms with Crippen molar-refractivity contribution in [3.63, 3.8) is 0 Å². The number of carbonyl (C=O) groups is 2. The van der Waals surface area contributed by atoms with Crippen LogP contribution in [0.25, 0.3) is 11.0 Å². The van der Waals surface area contributed by atoms with Gasteiger partial charge in [0.05, 0.1) is 29.7 Å². The van der Waals surface area contributed by atoms with Crippen LogP contribution in [0.15, 0.2) is 117 Å². The van der Waals surface area contributed by atoms with Gasteiger partial charge in [-0.2, -0.15) is 0 Å². The van der Waals surface area contributed by atoms with Crippen molar-refractivity contribution in [3.05, 3.63) is 124 Å². The molecule has 8 nitrogen and oxygen atoms in total. The maximum absolute atomic E-state index is 13.8. The Balaban J connectivity index is 1.27. The summed E-state index contributed by atoms with van der Waals surface area (Å²) in [6.45, 7) is 2.27. The fourth-order valence-electron chi connectivity index (χ4n) is 5.15. The minimum absolute atomic E-state index is 0.0591. The van der Waals surface area contributed by atoms with E-state index in [9.17, 15) is 9.59 Å². The molecule has 5 aromatic rings. The number of carbonyl (C=O) groups excluding carboxylic acids is 2. The molecule has 4 aromatic carbocycles. The first-order valence-electron chi connectivity index (χ1n) is 13.9. The number of anilines is 2. The monoisotopic (exact) mass is 636 g/mol. The molecule has 1 N–H and O–H groups in total.